The first kappa shape index (κ1) is 19.2. The maximum absolute atomic E-state index is 13.2. The Hall–Kier alpha value is -0.830. The number of hydrogen-bond acceptors (Lipinski definition) is 3. The van der Waals surface area contributed by atoms with E-state index in [9.17, 15) is 14.2 Å². The van der Waals surface area contributed by atoms with E-state index in [1.807, 2.05) is 34.6 Å². The van der Waals surface area contributed by atoms with Crippen molar-refractivity contribution in [2.45, 2.75) is 59.0 Å². The zero-order chi connectivity index (χ0) is 16.2. The van der Waals surface area contributed by atoms with Crippen molar-refractivity contribution in [3.05, 3.63) is 0 Å². The van der Waals surface area contributed by atoms with Gasteiger partial charge in [0.05, 0.1) is 20.0 Å². The molecule has 0 fully saturated rings. The Labute approximate surface area is 121 Å². The molecular weight excluding hydrogens is 279 g/mol. The van der Waals surface area contributed by atoms with Gasteiger partial charge in [0.15, 0.2) is 0 Å². The van der Waals surface area contributed by atoms with Crippen molar-refractivity contribution in [3.8, 4) is 0 Å². The first-order valence-corrected chi connectivity index (χ1v) is 8.89. The van der Waals surface area contributed by atoms with Crippen LogP contribution in [0.25, 0.3) is 0 Å². The summed E-state index contributed by atoms with van der Waals surface area (Å²) in [6, 6.07) is 0. The van der Waals surface area contributed by atoms with Gasteiger partial charge < -0.3 is 14.8 Å². The average molecular weight is 306 g/mol. The maximum atomic E-state index is 13.2. The Morgan fingerprint density at radius 3 is 1.50 bits per heavy atom. The molecule has 0 spiro atoms. The molecular formula is C14H27O5P. The molecule has 0 radical (unpaired) electrons. The van der Waals surface area contributed by atoms with E-state index in [0.717, 1.165) is 0 Å². The molecule has 0 unspecified atom stereocenters. The molecule has 6 heteroatoms. The van der Waals surface area contributed by atoms with Crippen LogP contribution < -0.4 is 0 Å². The topological polar surface area (TPSA) is 91.7 Å². The molecule has 20 heavy (non-hydrogen) atoms. The normalized spacial score (nSPS) is 13.2. The molecule has 0 aromatic carbocycles. The lowest BCUT2D eigenvalue weighted by Crippen LogP contribution is -2.30. The largest absolute Gasteiger partial charge is 0.481 e. The van der Waals surface area contributed by atoms with Crippen LogP contribution in [-0.2, 0) is 14.2 Å². The molecule has 0 heterocycles. The molecule has 0 aromatic heterocycles. The highest BCUT2D eigenvalue weighted by Gasteiger charge is 2.42. The van der Waals surface area contributed by atoms with Crippen molar-refractivity contribution in [2.24, 2.45) is 5.41 Å². The number of rotatable bonds is 8. The minimum atomic E-state index is -2.89. The van der Waals surface area contributed by atoms with Gasteiger partial charge in [0.25, 0.3) is 0 Å². The first-order chi connectivity index (χ1) is 8.79. The van der Waals surface area contributed by atoms with Gasteiger partial charge >= 0.3 is 11.9 Å². The van der Waals surface area contributed by atoms with E-state index in [4.69, 9.17) is 10.2 Å². The highest BCUT2D eigenvalue weighted by atomic mass is 31.2. The second kappa shape index (κ2) is 6.75. The Kier molecular flexibility index (Phi) is 6.47. The molecule has 2 N–H and O–H groups in total. The van der Waals surface area contributed by atoms with E-state index in [0.29, 0.717) is 6.42 Å². The molecule has 0 bridgehead atoms. The predicted octanol–water partition coefficient (Wildman–Crippen LogP) is 3.51. The van der Waals surface area contributed by atoms with Gasteiger partial charge in [-0.2, -0.15) is 0 Å². The lowest BCUT2D eigenvalue weighted by Gasteiger charge is -2.39. The maximum Gasteiger partial charge on any atom is 0.303 e. The summed E-state index contributed by atoms with van der Waals surface area (Å²) in [4.78, 5) is 21.5. The summed E-state index contributed by atoms with van der Waals surface area (Å²) in [5.41, 5.74) is -0.0500. The standard InChI is InChI=1S/C14H27O5P/c1-13(2,3)10-14(4,5)20(19,8-6-11(15)16)9-7-12(17)18/h6-10H2,1-5H3,(H,15,16)(H,17,18). The highest BCUT2D eigenvalue weighted by Crippen LogP contribution is 2.61. The summed E-state index contributed by atoms with van der Waals surface area (Å²) in [6.45, 7) is 9.83. The number of carboxylic acid groups (broad SMARTS) is 2. The molecule has 0 aliphatic carbocycles. The van der Waals surface area contributed by atoms with E-state index < -0.39 is 24.2 Å². The van der Waals surface area contributed by atoms with Crippen molar-refractivity contribution in [1.29, 1.82) is 0 Å². The SMILES string of the molecule is CC(C)(C)CC(C)(C)P(=O)(CCC(=O)O)CCC(=O)O. The monoisotopic (exact) mass is 306 g/mol. The van der Waals surface area contributed by atoms with Gasteiger partial charge in [0.2, 0.25) is 0 Å². The third-order valence-corrected chi connectivity index (χ3v) is 7.70. The summed E-state index contributed by atoms with van der Waals surface area (Å²) < 4.78 is 13.2. The molecule has 118 valence electrons. The Morgan fingerprint density at radius 1 is 0.900 bits per heavy atom. The summed E-state index contributed by atoms with van der Waals surface area (Å²) in [7, 11) is -2.89. The van der Waals surface area contributed by atoms with Crippen LogP contribution in [0.2, 0.25) is 0 Å². The van der Waals surface area contributed by atoms with E-state index in [-0.39, 0.29) is 30.6 Å². The van der Waals surface area contributed by atoms with Crippen molar-refractivity contribution in [1.82, 2.24) is 0 Å². The number of carbonyl (C=O) groups is 2. The summed E-state index contributed by atoms with van der Waals surface area (Å²) >= 11 is 0. The van der Waals surface area contributed by atoms with Gasteiger partial charge in [0, 0.05) is 17.5 Å². The van der Waals surface area contributed by atoms with Crippen LogP contribution in [0.3, 0.4) is 0 Å². The quantitative estimate of drug-likeness (QED) is 0.669. The van der Waals surface area contributed by atoms with Gasteiger partial charge in [-0.3, -0.25) is 9.59 Å². The molecule has 0 rings (SSSR count). The zero-order valence-corrected chi connectivity index (χ0v) is 14.0. The van der Waals surface area contributed by atoms with E-state index in [1.165, 1.54) is 0 Å². The Bertz CT molecular complexity index is 384. The summed E-state index contributed by atoms with van der Waals surface area (Å²) in [6.07, 6.45) is 0.447. The van der Waals surface area contributed by atoms with Crippen LogP contribution >= 0.6 is 7.14 Å². The van der Waals surface area contributed by atoms with E-state index in [2.05, 4.69) is 0 Å². The number of carboxylic acids is 2. The molecule has 0 atom stereocenters. The van der Waals surface area contributed by atoms with Gasteiger partial charge in [-0.15, -0.1) is 0 Å². The number of aliphatic carboxylic acids is 2. The molecule has 0 saturated carbocycles. The van der Waals surface area contributed by atoms with E-state index in [1.54, 1.807) is 0 Å². The average Bonchev–Trinajstić information content (AvgIpc) is 2.19. The molecule has 0 aromatic rings. The number of hydrogen-bond donors (Lipinski definition) is 2. The van der Waals surface area contributed by atoms with Gasteiger partial charge in [-0.05, 0) is 11.8 Å². The van der Waals surface area contributed by atoms with Crippen molar-refractivity contribution < 1.29 is 24.4 Å². The second-order valence-electron chi connectivity index (χ2n) is 7.17. The highest BCUT2D eigenvalue weighted by molar-refractivity contribution is 7.65. The first-order valence-electron chi connectivity index (χ1n) is 6.81. The molecule has 0 amide bonds. The lowest BCUT2D eigenvalue weighted by atomic mass is 9.86. The van der Waals surface area contributed by atoms with E-state index >= 15 is 0 Å². The van der Waals surface area contributed by atoms with Gasteiger partial charge in [0.1, 0.15) is 0 Å². The zero-order valence-electron chi connectivity index (χ0n) is 13.1. The smallest absolute Gasteiger partial charge is 0.303 e. The predicted molar refractivity (Wildman–Crippen MR) is 80.0 cm³/mol. The molecule has 0 aliphatic rings. The van der Waals surface area contributed by atoms with Gasteiger partial charge in [-0.25, -0.2) is 0 Å². The van der Waals surface area contributed by atoms with Crippen LogP contribution in [0.4, 0.5) is 0 Å². The third-order valence-electron chi connectivity index (χ3n) is 3.44. The third kappa shape index (κ3) is 6.56. The second-order valence-corrected chi connectivity index (χ2v) is 11.1. The van der Waals surface area contributed by atoms with Crippen molar-refractivity contribution in [3.63, 3.8) is 0 Å². The molecule has 0 saturated heterocycles. The minimum absolute atomic E-state index is 0.0500. The lowest BCUT2D eigenvalue weighted by molar-refractivity contribution is -0.137. The summed E-state index contributed by atoms with van der Waals surface area (Å²) in [5.74, 6) is -1.99. The van der Waals surface area contributed by atoms with Crippen LogP contribution in [0.5, 0.6) is 0 Å². The van der Waals surface area contributed by atoms with Crippen LogP contribution in [0.1, 0.15) is 53.9 Å². The Morgan fingerprint density at radius 2 is 1.25 bits per heavy atom. The van der Waals surface area contributed by atoms with Crippen LogP contribution in [0.15, 0.2) is 0 Å². The van der Waals surface area contributed by atoms with Crippen LogP contribution in [0, 0.1) is 5.41 Å². The Balaban J connectivity index is 5.21. The van der Waals surface area contributed by atoms with Crippen molar-refractivity contribution in [2.75, 3.05) is 12.3 Å². The van der Waals surface area contributed by atoms with Crippen LogP contribution in [-0.4, -0.2) is 39.6 Å². The molecule has 5 nitrogen and oxygen atoms in total. The fraction of sp³-hybridized carbons (Fsp3) is 0.857. The van der Waals surface area contributed by atoms with Gasteiger partial charge in [-0.1, -0.05) is 34.6 Å². The van der Waals surface area contributed by atoms with Crippen molar-refractivity contribution >= 4 is 19.1 Å². The summed E-state index contributed by atoms with van der Waals surface area (Å²) in [5, 5.41) is 17.1. The minimum Gasteiger partial charge on any atom is -0.481 e. The fourth-order valence-electron chi connectivity index (χ4n) is 2.71. The fourth-order valence-corrected chi connectivity index (χ4v) is 6.01. The molecule has 0 aliphatic heterocycles.